The molecule has 6 nitrogen and oxygen atoms in total. The van der Waals surface area contributed by atoms with Gasteiger partial charge in [-0.25, -0.2) is 23.1 Å². The van der Waals surface area contributed by atoms with E-state index in [0.717, 1.165) is 0 Å². The van der Waals surface area contributed by atoms with Crippen molar-refractivity contribution in [3.63, 3.8) is 0 Å². The van der Waals surface area contributed by atoms with Crippen molar-refractivity contribution in [3.05, 3.63) is 75.5 Å². The maximum Gasteiger partial charge on any atom is 0.252 e. The monoisotopic (exact) mass is 462 g/mol. The van der Waals surface area contributed by atoms with Crippen LogP contribution in [0.5, 0.6) is 0 Å². The molecule has 0 aliphatic heterocycles. The van der Waals surface area contributed by atoms with Crippen LogP contribution in [-0.4, -0.2) is 37.7 Å². The SMILES string of the molecule is O=c1cc(-c2ccnc(NC3CC(F)(F)C3)n2)ccn1C1(c2ccc(Cl)c(F)c2)C[C@@H]1O. The summed E-state index contributed by atoms with van der Waals surface area (Å²) in [6, 6.07) is 8.44. The summed E-state index contributed by atoms with van der Waals surface area (Å²) in [5.41, 5.74) is -0.0627. The first-order valence-electron chi connectivity index (χ1n) is 10.0. The molecule has 5 rings (SSSR count). The van der Waals surface area contributed by atoms with Crippen LogP contribution in [0, 0.1) is 5.82 Å². The van der Waals surface area contributed by atoms with Gasteiger partial charge < -0.3 is 15.0 Å². The summed E-state index contributed by atoms with van der Waals surface area (Å²) in [7, 11) is 0. The Morgan fingerprint density at radius 2 is 1.91 bits per heavy atom. The van der Waals surface area contributed by atoms with Gasteiger partial charge in [-0.1, -0.05) is 17.7 Å². The van der Waals surface area contributed by atoms with Crippen LogP contribution in [-0.2, 0) is 5.54 Å². The van der Waals surface area contributed by atoms with E-state index >= 15 is 0 Å². The van der Waals surface area contributed by atoms with Crippen molar-refractivity contribution in [2.45, 2.75) is 42.9 Å². The minimum Gasteiger partial charge on any atom is -0.390 e. The highest BCUT2D eigenvalue weighted by atomic mass is 35.5. The normalized spacial score (nSPS) is 24.1. The fraction of sp³-hybridized carbons (Fsp3) is 0.318. The van der Waals surface area contributed by atoms with Crippen molar-refractivity contribution in [3.8, 4) is 11.3 Å². The molecule has 166 valence electrons. The molecule has 0 saturated heterocycles. The van der Waals surface area contributed by atoms with Gasteiger partial charge in [0.05, 0.1) is 16.8 Å². The zero-order chi connectivity index (χ0) is 22.7. The number of anilines is 1. The van der Waals surface area contributed by atoms with Gasteiger partial charge in [0.15, 0.2) is 0 Å². The second-order valence-electron chi connectivity index (χ2n) is 8.27. The van der Waals surface area contributed by atoms with Crippen molar-refractivity contribution in [2.75, 3.05) is 5.32 Å². The molecule has 0 spiro atoms. The lowest BCUT2D eigenvalue weighted by Gasteiger charge is -2.35. The molecule has 32 heavy (non-hydrogen) atoms. The predicted molar refractivity (Wildman–Crippen MR) is 112 cm³/mol. The summed E-state index contributed by atoms with van der Waals surface area (Å²) < 4.78 is 41.5. The lowest BCUT2D eigenvalue weighted by Crippen LogP contribution is -2.44. The highest BCUT2D eigenvalue weighted by Crippen LogP contribution is 2.49. The molecule has 2 saturated carbocycles. The van der Waals surface area contributed by atoms with E-state index in [4.69, 9.17) is 11.6 Å². The lowest BCUT2D eigenvalue weighted by molar-refractivity contribution is -0.0794. The Morgan fingerprint density at radius 1 is 1.16 bits per heavy atom. The number of alkyl halides is 2. The summed E-state index contributed by atoms with van der Waals surface area (Å²) in [5, 5.41) is 13.2. The molecule has 2 fully saturated rings. The highest BCUT2D eigenvalue weighted by Gasteiger charge is 2.57. The number of aliphatic hydroxyl groups is 1. The summed E-state index contributed by atoms with van der Waals surface area (Å²) in [4.78, 5) is 21.3. The van der Waals surface area contributed by atoms with Gasteiger partial charge in [-0.3, -0.25) is 4.79 Å². The molecule has 2 N–H and O–H groups in total. The zero-order valence-corrected chi connectivity index (χ0v) is 17.4. The van der Waals surface area contributed by atoms with Gasteiger partial charge >= 0.3 is 0 Å². The lowest BCUT2D eigenvalue weighted by atomic mass is 9.88. The number of nitrogens with one attached hydrogen (secondary N) is 1. The maximum atomic E-state index is 14.0. The molecule has 0 amide bonds. The Balaban J connectivity index is 1.43. The van der Waals surface area contributed by atoms with E-state index in [-0.39, 0.29) is 30.2 Å². The van der Waals surface area contributed by atoms with Crippen LogP contribution in [0.4, 0.5) is 19.1 Å². The molecule has 0 bridgehead atoms. The zero-order valence-electron chi connectivity index (χ0n) is 16.6. The van der Waals surface area contributed by atoms with Crippen LogP contribution in [0.1, 0.15) is 24.8 Å². The third-order valence-electron chi connectivity index (χ3n) is 6.04. The minimum atomic E-state index is -2.66. The number of hydrogen-bond acceptors (Lipinski definition) is 5. The van der Waals surface area contributed by atoms with Crippen LogP contribution >= 0.6 is 11.6 Å². The second kappa shape index (κ2) is 7.31. The standard InChI is InChI=1S/C22H18ClF3N4O2/c23-15-2-1-13(8-16(15)24)22(11-18(22)31)30-6-4-12(7-19(30)32)17-3-5-27-20(29-17)28-14-9-21(25,26)10-14/h1-8,14,18,31H,9-11H2,(H,27,28,29)/t18-,22?/m0/s1. The summed E-state index contributed by atoms with van der Waals surface area (Å²) in [5.74, 6) is -3.08. The molecular weight excluding hydrogens is 445 g/mol. The first-order chi connectivity index (χ1) is 15.2. The van der Waals surface area contributed by atoms with Crippen molar-refractivity contribution in [2.24, 2.45) is 0 Å². The second-order valence-corrected chi connectivity index (χ2v) is 8.67. The third-order valence-corrected chi connectivity index (χ3v) is 6.35. The first kappa shape index (κ1) is 21.0. The predicted octanol–water partition coefficient (Wildman–Crippen LogP) is 3.82. The van der Waals surface area contributed by atoms with E-state index in [0.29, 0.717) is 16.8 Å². The van der Waals surface area contributed by atoms with E-state index in [2.05, 4.69) is 15.3 Å². The molecule has 0 radical (unpaired) electrons. The van der Waals surface area contributed by atoms with E-state index in [9.17, 15) is 23.1 Å². The molecule has 1 unspecified atom stereocenters. The van der Waals surface area contributed by atoms with Gasteiger partial charge in [0.25, 0.3) is 11.5 Å². The fourth-order valence-electron chi connectivity index (χ4n) is 4.21. The average Bonchev–Trinajstić information content (AvgIpc) is 3.40. The topological polar surface area (TPSA) is 80.0 Å². The number of nitrogens with zero attached hydrogens (tertiary/aromatic N) is 3. The number of benzene rings is 1. The molecule has 3 aromatic rings. The van der Waals surface area contributed by atoms with E-state index in [1.165, 1.54) is 35.2 Å². The summed E-state index contributed by atoms with van der Waals surface area (Å²) in [6.07, 6.45) is 1.89. The summed E-state index contributed by atoms with van der Waals surface area (Å²) in [6.45, 7) is 0. The molecule has 2 heterocycles. The fourth-order valence-corrected chi connectivity index (χ4v) is 4.33. The Labute approximate surface area is 185 Å². The Hall–Kier alpha value is -2.91. The van der Waals surface area contributed by atoms with Gasteiger partial charge in [0.2, 0.25) is 5.95 Å². The maximum absolute atomic E-state index is 14.0. The van der Waals surface area contributed by atoms with Gasteiger partial charge in [0.1, 0.15) is 11.4 Å². The van der Waals surface area contributed by atoms with Crippen LogP contribution < -0.4 is 10.9 Å². The Bertz CT molecular complexity index is 1260. The molecule has 2 atom stereocenters. The smallest absolute Gasteiger partial charge is 0.252 e. The molecule has 1 aromatic carbocycles. The third kappa shape index (κ3) is 3.55. The largest absolute Gasteiger partial charge is 0.390 e. The van der Waals surface area contributed by atoms with Gasteiger partial charge in [-0.2, -0.15) is 0 Å². The van der Waals surface area contributed by atoms with Crippen molar-refractivity contribution in [1.82, 2.24) is 14.5 Å². The van der Waals surface area contributed by atoms with Crippen LogP contribution in [0.2, 0.25) is 5.02 Å². The Kier molecular flexibility index (Phi) is 4.79. The molecular formula is C22H18ClF3N4O2. The molecule has 2 aliphatic carbocycles. The summed E-state index contributed by atoms with van der Waals surface area (Å²) >= 11 is 5.76. The van der Waals surface area contributed by atoms with Gasteiger partial charge in [-0.15, -0.1) is 0 Å². The number of aliphatic hydroxyl groups excluding tert-OH is 1. The minimum absolute atomic E-state index is 0.0412. The number of halogens is 4. The number of rotatable bonds is 5. The number of hydrogen-bond donors (Lipinski definition) is 2. The molecule has 2 aliphatic rings. The first-order valence-corrected chi connectivity index (χ1v) is 10.4. The number of aromatic nitrogens is 3. The van der Waals surface area contributed by atoms with Crippen LogP contribution in [0.25, 0.3) is 11.3 Å². The van der Waals surface area contributed by atoms with Crippen molar-refractivity contribution >= 4 is 17.5 Å². The highest BCUT2D eigenvalue weighted by molar-refractivity contribution is 6.30. The quantitative estimate of drug-likeness (QED) is 0.602. The Morgan fingerprint density at radius 3 is 2.53 bits per heavy atom. The van der Waals surface area contributed by atoms with E-state index < -0.39 is 35.0 Å². The van der Waals surface area contributed by atoms with Crippen molar-refractivity contribution < 1.29 is 18.3 Å². The molecule has 2 aromatic heterocycles. The average molecular weight is 463 g/mol. The van der Waals surface area contributed by atoms with Gasteiger partial charge in [0, 0.05) is 49.3 Å². The van der Waals surface area contributed by atoms with Gasteiger partial charge in [-0.05, 0) is 29.8 Å². The van der Waals surface area contributed by atoms with E-state index in [1.54, 1.807) is 18.2 Å². The van der Waals surface area contributed by atoms with Crippen molar-refractivity contribution in [1.29, 1.82) is 0 Å². The van der Waals surface area contributed by atoms with Crippen LogP contribution in [0.15, 0.2) is 53.6 Å². The molecule has 10 heteroatoms. The van der Waals surface area contributed by atoms with Crippen LogP contribution in [0.3, 0.4) is 0 Å². The van der Waals surface area contributed by atoms with E-state index in [1.807, 2.05) is 0 Å². The number of pyridine rings is 1.